The Kier molecular flexibility index (Phi) is 7.02. The van der Waals surface area contributed by atoms with Gasteiger partial charge in [0.2, 0.25) is 5.75 Å². The molecule has 162 valence electrons. The van der Waals surface area contributed by atoms with Crippen LogP contribution in [0.5, 0.6) is 23.0 Å². The summed E-state index contributed by atoms with van der Waals surface area (Å²) in [6.45, 7) is 4.42. The number of ether oxygens (including phenoxy) is 4. The van der Waals surface area contributed by atoms with Crippen LogP contribution in [0.15, 0.2) is 36.4 Å². The molecule has 2 aromatic carbocycles. The van der Waals surface area contributed by atoms with Crippen LogP contribution < -0.4 is 35.1 Å². The SMILES string of the molecule is CCOc1ccccc1C(=O)NC1NNC(C)C1c1cc(OC)c(OC)c(OC)c1. The first-order valence-corrected chi connectivity index (χ1v) is 9.87. The van der Waals surface area contributed by atoms with Crippen molar-refractivity contribution in [2.24, 2.45) is 0 Å². The van der Waals surface area contributed by atoms with Crippen LogP contribution in [0.2, 0.25) is 0 Å². The fraction of sp³-hybridized carbons (Fsp3) is 0.409. The van der Waals surface area contributed by atoms with Gasteiger partial charge < -0.3 is 24.3 Å². The first-order chi connectivity index (χ1) is 14.5. The predicted octanol–water partition coefficient (Wildman–Crippen LogP) is 2.45. The maximum absolute atomic E-state index is 13.0. The van der Waals surface area contributed by atoms with Crippen molar-refractivity contribution in [3.8, 4) is 23.0 Å². The lowest BCUT2D eigenvalue weighted by atomic mass is 9.90. The Morgan fingerprint density at radius 3 is 2.27 bits per heavy atom. The number of hydrogen-bond donors (Lipinski definition) is 3. The lowest BCUT2D eigenvalue weighted by molar-refractivity contribution is 0.0924. The van der Waals surface area contributed by atoms with Crippen LogP contribution in [-0.2, 0) is 0 Å². The van der Waals surface area contributed by atoms with Gasteiger partial charge >= 0.3 is 0 Å². The Labute approximate surface area is 176 Å². The van der Waals surface area contributed by atoms with E-state index in [1.807, 2.05) is 38.1 Å². The van der Waals surface area contributed by atoms with Gasteiger partial charge in [0, 0.05) is 12.0 Å². The van der Waals surface area contributed by atoms with Gasteiger partial charge in [-0.3, -0.25) is 10.2 Å². The molecule has 1 aliphatic rings. The van der Waals surface area contributed by atoms with E-state index in [1.165, 1.54) is 0 Å². The summed E-state index contributed by atoms with van der Waals surface area (Å²) in [5, 5.41) is 3.07. The van der Waals surface area contributed by atoms with E-state index in [1.54, 1.807) is 33.5 Å². The monoisotopic (exact) mass is 415 g/mol. The van der Waals surface area contributed by atoms with Gasteiger partial charge in [0.25, 0.3) is 5.91 Å². The fourth-order valence-corrected chi connectivity index (χ4v) is 3.74. The normalized spacial score (nSPS) is 20.5. The molecule has 3 N–H and O–H groups in total. The second-order valence-electron chi connectivity index (χ2n) is 6.94. The minimum absolute atomic E-state index is 0.0419. The minimum Gasteiger partial charge on any atom is -0.493 e. The van der Waals surface area contributed by atoms with Gasteiger partial charge in [-0.2, -0.15) is 0 Å². The largest absolute Gasteiger partial charge is 0.493 e. The topological polar surface area (TPSA) is 90.1 Å². The molecule has 0 saturated carbocycles. The van der Waals surface area contributed by atoms with Gasteiger partial charge in [-0.05, 0) is 43.7 Å². The van der Waals surface area contributed by atoms with Crippen LogP contribution in [-0.4, -0.2) is 46.1 Å². The second-order valence-corrected chi connectivity index (χ2v) is 6.94. The van der Waals surface area contributed by atoms with Crippen molar-refractivity contribution in [2.45, 2.75) is 32.0 Å². The van der Waals surface area contributed by atoms with Crippen LogP contribution in [0.4, 0.5) is 0 Å². The van der Waals surface area contributed by atoms with Crippen molar-refractivity contribution in [1.82, 2.24) is 16.2 Å². The number of carbonyl (C=O) groups excluding carboxylic acids is 1. The number of amides is 1. The number of rotatable bonds is 8. The molecular formula is C22H29N3O5. The summed E-state index contributed by atoms with van der Waals surface area (Å²) in [6, 6.07) is 11.1. The average Bonchev–Trinajstić information content (AvgIpc) is 3.12. The highest BCUT2D eigenvalue weighted by Crippen LogP contribution is 2.41. The lowest BCUT2D eigenvalue weighted by Gasteiger charge is -2.24. The standard InChI is InChI=1S/C22H29N3O5/c1-6-30-16-10-8-7-9-15(16)22(26)23-21-19(13(2)24-25-21)14-11-17(27-3)20(29-5)18(12-14)28-4/h7-13,19,21,24-25H,6H2,1-5H3,(H,23,26). The maximum Gasteiger partial charge on any atom is 0.256 e. The maximum atomic E-state index is 13.0. The van der Waals surface area contributed by atoms with Crippen LogP contribution in [0.25, 0.3) is 0 Å². The molecule has 1 fully saturated rings. The van der Waals surface area contributed by atoms with Crippen molar-refractivity contribution in [1.29, 1.82) is 0 Å². The van der Waals surface area contributed by atoms with Gasteiger partial charge in [-0.25, -0.2) is 5.43 Å². The van der Waals surface area contributed by atoms with E-state index in [2.05, 4.69) is 16.2 Å². The third-order valence-corrected chi connectivity index (χ3v) is 5.15. The Bertz CT molecular complexity index is 864. The molecule has 0 bridgehead atoms. The number of carbonyl (C=O) groups is 1. The van der Waals surface area contributed by atoms with E-state index in [4.69, 9.17) is 18.9 Å². The number of para-hydroxylation sites is 1. The molecule has 1 heterocycles. The number of benzene rings is 2. The first-order valence-electron chi connectivity index (χ1n) is 9.87. The molecule has 3 atom stereocenters. The Morgan fingerprint density at radius 1 is 1.00 bits per heavy atom. The summed E-state index contributed by atoms with van der Waals surface area (Å²) < 4.78 is 22.0. The highest BCUT2D eigenvalue weighted by Gasteiger charge is 2.37. The van der Waals surface area contributed by atoms with Gasteiger partial charge in [0.05, 0.1) is 33.5 Å². The molecule has 8 nitrogen and oxygen atoms in total. The van der Waals surface area contributed by atoms with Crippen molar-refractivity contribution < 1.29 is 23.7 Å². The summed E-state index contributed by atoms with van der Waals surface area (Å²) in [7, 11) is 4.74. The summed E-state index contributed by atoms with van der Waals surface area (Å²) in [5.41, 5.74) is 7.82. The van der Waals surface area contributed by atoms with Gasteiger partial charge in [-0.1, -0.05) is 12.1 Å². The fourth-order valence-electron chi connectivity index (χ4n) is 3.74. The third-order valence-electron chi connectivity index (χ3n) is 5.15. The molecule has 30 heavy (non-hydrogen) atoms. The molecule has 3 unspecified atom stereocenters. The van der Waals surface area contributed by atoms with Crippen molar-refractivity contribution in [2.75, 3.05) is 27.9 Å². The van der Waals surface area contributed by atoms with E-state index in [-0.39, 0.29) is 24.0 Å². The van der Waals surface area contributed by atoms with Gasteiger partial charge in [0.15, 0.2) is 11.5 Å². The molecule has 2 aromatic rings. The van der Waals surface area contributed by atoms with Crippen molar-refractivity contribution in [3.63, 3.8) is 0 Å². The van der Waals surface area contributed by atoms with Crippen LogP contribution in [0.3, 0.4) is 0 Å². The Hall–Kier alpha value is -2.97. The number of nitrogens with one attached hydrogen (secondary N) is 3. The highest BCUT2D eigenvalue weighted by molar-refractivity contribution is 5.97. The summed E-state index contributed by atoms with van der Waals surface area (Å²) in [5.74, 6) is 1.92. The molecule has 1 saturated heterocycles. The molecule has 3 rings (SSSR count). The van der Waals surface area contributed by atoms with Gasteiger partial charge in [-0.15, -0.1) is 0 Å². The summed E-state index contributed by atoms with van der Waals surface area (Å²) >= 11 is 0. The summed E-state index contributed by atoms with van der Waals surface area (Å²) in [4.78, 5) is 13.0. The van der Waals surface area contributed by atoms with E-state index in [0.717, 1.165) is 5.56 Å². The lowest BCUT2D eigenvalue weighted by Crippen LogP contribution is -2.46. The van der Waals surface area contributed by atoms with Crippen molar-refractivity contribution in [3.05, 3.63) is 47.5 Å². The molecular weight excluding hydrogens is 386 g/mol. The first kappa shape index (κ1) is 21.7. The number of hydrazine groups is 1. The molecule has 1 amide bonds. The third kappa shape index (κ3) is 4.29. The Morgan fingerprint density at radius 2 is 1.67 bits per heavy atom. The smallest absolute Gasteiger partial charge is 0.256 e. The van der Waals surface area contributed by atoms with Crippen molar-refractivity contribution >= 4 is 5.91 Å². The predicted molar refractivity (Wildman–Crippen MR) is 113 cm³/mol. The van der Waals surface area contributed by atoms with E-state index >= 15 is 0 Å². The second kappa shape index (κ2) is 9.69. The van der Waals surface area contributed by atoms with E-state index in [9.17, 15) is 4.79 Å². The quantitative estimate of drug-likeness (QED) is 0.610. The number of methoxy groups -OCH3 is 3. The van der Waals surface area contributed by atoms with Crippen LogP contribution in [0, 0.1) is 0 Å². The zero-order chi connectivity index (χ0) is 21.7. The van der Waals surface area contributed by atoms with E-state index < -0.39 is 0 Å². The zero-order valence-electron chi connectivity index (χ0n) is 17.9. The number of hydrogen-bond acceptors (Lipinski definition) is 7. The summed E-state index contributed by atoms with van der Waals surface area (Å²) in [6.07, 6.45) is -0.356. The van der Waals surface area contributed by atoms with E-state index in [0.29, 0.717) is 35.2 Å². The van der Waals surface area contributed by atoms with Crippen LogP contribution in [0.1, 0.15) is 35.7 Å². The molecule has 1 aliphatic heterocycles. The van der Waals surface area contributed by atoms with Gasteiger partial charge in [0.1, 0.15) is 11.9 Å². The zero-order valence-corrected chi connectivity index (χ0v) is 17.9. The molecule has 8 heteroatoms. The minimum atomic E-state index is -0.356. The molecule has 0 spiro atoms. The Balaban J connectivity index is 1.90. The molecule has 0 aromatic heterocycles. The highest BCUT2D eigenvalue weighted by atomic mass is 16.5. The average molecular weight is 415 g/mol. The van der Waals surface area contributed by atoms with Crippen LogP contribution >= 0.6 is 0 Å². The molecule has 0 radical (unpaired) electrons. The molecule has 0 aliphatic carbocycles.